The lowest BCUT2D eigenvalue weighted by atomic mass is 10.2. The van der Waals surface area contributed by atoms with Gasteiger partial charge in [0.15, 0.2) is 5.56 Å². The number of hydrogen-bond acceptors (Lipinski definition) is 5. The van der Waals surface area contributed by atoms with E-state index in [4.69, 9.17) is 0 Å². The Labute approximate surface area is 106 Å². The standard InChI is InChI=1S/C8H4F6N2O4/c1-19-6-4(7(9,10)11)5(16(17)18)3(2-15-6)20-8(12,13)14/h2H,1H3. The summed E-state index contributed by atoms with van der Waals surface area (Å²) in [6.07, 6.45) is -10.6. The van der Waals surface area contributed by atoms with Crippen LogP contribution < -0.4 is 9.47 Å². The van der Waals surface area contributed by atoms with Gasteiger partial charge in [-0.3, -0.25) is 10.1 Å². The molecule has 0 aromatic carbocycles. The quantitative estimate of drug-likeness (QED) is 0.487. The van der Waals surface area contributed by atoms with Crippen molar-refractivity contribution in [1.82, 2.24) is 4.98 Å². The Bertz CT molecular complexity index is 527. The molecule has 1 heterocycles. The SMILES string of the molecule is COc1ncc(OC(F)(F)F)c([N+](=O)[O-])c1C(F)(F)F. The van der Waals surface area contributed by atoms with E-state index in [1.165, 1.54) is 0 Å². The Morgan fingerprint density at radius 3 is 2.15 bits per heavy atom. The molecule has 0 saturated heterocycles. The van der Waals surface area contributed by atoms with Gasteiger partial charge < -0.3 is 9.47 Å². The van der Waals surface area contributed by atoms with Crippen LogP contribution in [-0.2, 0) is 6.18 Å². The highest BCUT2D eigenvalue weighted by Crippen LogP contribution is 2.46. The summed E-state index contributed by atoms with van der Waals surface area (Å²) >= 11 is 0. The fourth-order valence-corrected chi connectivity index (χ4v) is 1.26. The van der Waals surface area contributed by atoms with E-state index >= 15 is 0 Å². The zero-order chi connectivity index (χ0) is 15.7. The number of methoxy groups -OCH3 is 1. The van der Waals surface area contributed by atoms with Crippen molar-refractivity contribution in [3.8, 4) is 11.6 Å². The van der Waals surface area contributed by atoms with Gasteiger partial charge in [0, 0.05) is 0 Å². The van der Waals surface area contributed by atoms with Crippen molar-refractivity contribution in [2.75, 3.05) is 7.11 Å². The molecule has 0 aliphatic carbocycles. The minimum Gasteiger partial charge on any atom is -0.480 e. The van der Waals surface area contributed by atoms with Crippen LogP contribution in [0, 0.1) is 10.1 Å². The third kappa shape index (κ3) is 3.39. The molecule has 0 bridgehead atoms. The summed E-state index contributed by atoms with van der Waals surface area (Å²) in [4.78, 5) is 11.9. The zero-order valence-corrected chi connectivity index (χ0v) is 9.37. The molecule has 0 saturated carbocycles. The Morgan fingerprint density at radius 2 is 1.80 bits per heavy atom. The summed E-state index contributed by atoms with van der Waals surface area (Å²) in [5, 5.41) is 10.6. The molecule has 1 rings (SSSR count). The third-order valence-corrected chi connectivity index (χ3v) is 1.87. The molecule has 0 unspecified atom stereocenters. The van der Waals surface area contributed by atoms with Gasteiger partial charge in [0.1, 0.15) is 0 Å². The average Bonchev–Trinajstić information content (AvgIpc) is 2.24. The molecule has 1 aromatic rings. The minimum atomic E-state index is -5.41. The first-order valence-corrected chi connectivity index (χ1v) is 4.51. The maximum atomic E-state index is 12.7. The van der Waals surface area contributed by atoms with Crippen LogP contribution in [0.15, 0.2) is 6.20 Å². The summed E-state index contributed by atoms with van der Waals surface area (Å²) < 4.78 is 81.5. The second kappa shape index (κ2) is 5.02. The summed E-state index contributed by atoms with van der Waals surface area (Å²) in [5.41, 5.74) is -3.99. The van der Waals surface area contributed by atoms with Crippen molar-refractivity contribution < 1.29 is 40.7 Å². The highest BCUT2D eigenvalue weighted by molar-refractivity contribution is 5.57. The van der Waals surface area contributed by atoms with Gasteiger partial charge in [0.25, 0.3) is 0 Å². The molecule has 0 spiro atoms. The second-order valence-corrected chi connectivity index (χ2v) is 3.16. The molecular weight excluding hydrogens is 302 g/mol. The number of nitro groups is 1. The molecule has 0 aliphatic heterocycles. The Kier molecular flexibility index (Phi) is 3.96. The van der Waals surface area contributed by atoms with Crippen LogP contribution in [0.5, 0.6) is 11.6 Å². The van der Waals surface area contributed by atoms with E-state index in [2.05, 4.69) is 14.5 Å². The number of halogens is 6. The van der Waals surface area contributed by atoms with Gasteiger partial charge in [-0.1, -0.05) is 0 Å². The fraction of sp³-hybridized carbons (Fsp3) is 0.375. The van der Waals surface area contributed by atoms with Crippen LogP contribution in [0.2, 0.25) is 0 Å². The molecule has 20 heavy (non-hydrogen) atoms. The number of rotatable bonds is 3. The lowest BCUT2D eigenvalue weighted by Crippen LogP contribution is -2.20. The molecular formula is C8H4F6N2O4. The van der Waals surface area contributed by atoms with Crippen LogP contribution in [-0.4, -0.2) is 23.4 Å². The van der Waals surface area contributed by atoms with Gasteiger partial charge in [-0.2, -0.15) is 13.2 Å². The third-order valence-electron chi connectivity index (χ3n) is 1.87. The summed E-state index contributed by atoms with van der Waals surface area (Å²) in [7, 11) is 0.728. The minimum absolute atomic E-state index is 0.125. The molecule has 6 nitrogen and oxygen atoms in total. The number of pyridine rings is 1. The number of ether oxygens (including phenoxy) is 2. The van der Waals surface area contributed by atoms with Crippen LogP contribution in [0.1, 0.15) is 5.56 Å². The molecule has 12 heteroatoms. The van der Waals surface area contributed by atoms with Crippen LogP contribution in [0.4, 0.5) is 32.0 Å². The smallest absolute Gasteiger partial charge is 0.480 e. The van der Waals surface area contributed by atoms with Crippen molar-refractivity contribution in [2.45, 2.75) is 12.5 Å². The van der Waals surface area contributed by atoms with E-state index in [9.17, 15) is 36.5 Å². The Balaban J connectivity index is 3.61. The van der Waals surface area contributed by atoms with Gasteiger partial charge >= 0.3 is 18.2 Å². The van der Waals surface area contributed by atoms with Crippen molar-refractivity contribution in [3.05, 3.63) is 21.9 Å². The first-order chi connectivity index (χ1) is 8.97. The number of nitrogens with zero attached hydrogens (tertiary/aromatic N) is 2. The second-order valence-electron chi connectivity index (χ2n) is 3.16. The topological polar surface area (TPSA) is 74.5 Å². The number of alkyl halides is 6. The van der Waals surface area contributed by atoms with Gasteiger partial charge in [-0.05, 0) is 0 Å². The molecule has 1 aromatic heterocycles. The van der Waals surface area contributed by atoms with Gasteiger partial charge in [0.05, 0.1) is 18.2 Å². The summed E-state index contributed by atoms with van der Waals surface area (Å²) in [5.74, 6) is -2.92. The zero-order valence-electron chi connectivity index (χ0n) is 9.37. The fourth-order valence-electron chi connectivity index (χ4n) is 1.26. The number of aromatic nitrogens is 1. The van der Waals surface area contributed by atoms with E-state index in [1.807, 2.05) is 0 Å². The van der Waals surface area contributed by atoms with Crippen molar-refractivity contribution >= 4 is 5.69 Å². The molecule has 0 amide bonds. The van der Waals surface area contributed by atoms with Crippen molar-refractivity contribution in [3.63, 3.8) is 0 Å². The van der Waals surface area contributed by atoms with Gasteiger partial charge in [-0.15, -0.1) is 13.2 Å². The molecule has 0 N–H and O–H groups in total. The van der Waals surface area contributed by atoms with E-state index in [0.29, 0.717) is 0 Å². The van der Waals surface area contributed by atoms with E-state index in [0.717, 1.165) is 7.11 Å². The van der Waals surface area contributed by atoms with Gasteiger partial charge in [-0.25, -0.2) is 4.98 Å². The van der Waals surface area contributed by atoms with Crippen LogP contribution in [0.3, 0.4) is 0 Å². The molecule has 0 aliphatic rings. The highest BCUT2D eigenvalue weighted by atomic mass is 19.4. The van der Waals surface area contributed by atoms with Gasteiger partial charge in [0.2, 0.25) is 11.6 Å². The molecule has 0 radical (unpaired) electrons. The molecule has 112 valence electrons. The summed E-state index contributed by atoms with van der Waals surface area (Å²) in [6, 6.07) is 0. The van der Waals surface area contributed by atoms with Crippen molar-refractivity contribution in [1.29, 1.82) is 0 Å². The van der Waals surface area contributed by atoms with E-state index in [-0.39, 0.29) is 6.20 Å². The van der Waals surface area contributed by atoms with E-state index in [1.54, 1.807) is 0 Å². The maximum absolute atomic E-state index is 12.7. The van der Waals surface area contributed by atoms with E-state index < -0.39 is 40.3 Å². The molecule has 0 fully saturated rings. The maximum Gasteiger partial charge on any atom is 0.573 e. The largest absolute Gasteiger partial charge is 0.573 e. The average molecular weight is 306 g/mol. The number of hydrogen-bond donors (Lipinski definition) is 0. The summed E-state index contributed by atoms with van der Waals surface area (Å²) in [6.45, 7) is 0. The van der Waals surface area contributed by atoms with Crippen LogP contribution in [0.25, 0.3) is 0 Å². The lowest BCUT2D eigenvalue weighted by Gasteiger charge is -2.14. The predicted molar refractivity (Wildman–Crippen MR) is 49.1 cm³/mol. The lowest BCUT2D eigenvalue weighted by molar-refractivity contribution is -0.392. The van der Waals surface area contributed by atoms with Crippen LogP contribution >= 0.6 is 0 Å². The Morgan fingerprint density at radius 1 is 1.25 bits per heavy atom. The highest BCUT2D eigenvalue weighted by Gasteiger charge is 2.47. The molecule has 0 atom stereocenters. The first-order valence-electron chi connectivity index (χ1n) is 4.51. The Hall–Kier alpha value is -2.27. The van der Waals surface area contributed by atoms with Crippen molar-refractivity contribution in [2.24, 2.45) is 0 Å². The first kappa shape index (κ1) is 15.8. The monoisotopic (exact) mass is 306 g/mol. The normalized spacial score (nSPS) is 12.2. The predicted octanol–water partition coefficient (Wildman–Crippen LogP) is 2.92.